The highest BCUT2D eigenvalue weighted by atomic mass is 32.2. The number of hydrogen-bond donors (Lipinski definition) is 2. The first-order chi connectivity index (χ1) is 8.76. The van der Waals surface area contributed by atoms with E-state index in [2.05, 4.69) is 15.6 Å². The fourth-order valence-corrected chi connectivity index (χ4v) is 3.49. The molecule has 1 spiro atoms. The van der Waals surface area contributed by atoms with Crippen LogP contribution < -0.4 is 10.6 Å². The summed E-state index contributed by atoms with van der Waals surface area (Å²) >= 11 is 1.73. The molecule has 1 aliphatic carbocycles. The lowest BCUT2D eigenvalue weighted by atomic mass is 9.93. The third-order valence-corrected chi connectivity index (χ3v) is 4.82. The minimum atomic E-state index is 0.0420. The molecule has 18 heavy (non-hydrogen) atoms. The molecular weight excluding hydrogens is 250 g/mol. The van der Waals surface area contributed by atoms with Crippen LogP contribution in [0.4, 0.5) is 0 Å². The number of thioether (sulfide) groups is 1. The van der Waals surface area contributed by atoms with E-state index in [4.69, 9.17) is 4.74 Å². The molecule has 3 aliphatic rings. The van der Waals surface area contributed by atoms with Crippen molar-refractivity contribution in [3.05, 3.63) is 0 Å². The summed E-state index contributed by atoms with van der Waals surface area (Å²) in [6.07, 6.45) is 4.32. The standard InChI is InChI=1S/C12H19N3O2S/c16-10(14-9-1-2-9)7-13-11-15-12(8-18-11)3-5-17-6-4-12/h9H,1-8H2,(H,13,15)(H,14,16). The Kier molecular flexibility index (Phi) is 3.48. The van der Waals surface area contributed by atoms with Gasteiger partial charge >= 0.3 is 0 Å². The van der Waals surface area contributed by atoms with Crippen LogP contribution in [0.5, 0.6) is 0 Å². The summed E-state index contributed by atoms with van der Waals surface area (Å²) in [7, 11) is 0. The second-order valence-corrected chi connectivity index (χ2v) is 6.23. The first kappa shape index (κ1) is 12.3. The van der Waals surface area contributed by atoms with Crippen molar-refractivity contribution in [2.75, 3.05) is 25.5 Å². The maximum Gasteiger partial charge on any atom is 0.241 e. The molecule has 5 nitrogen and oxygen atoms in total. The minimum absolute atomic E-state index is 0.0420. The van der Waals surface area contributed by atoms with E-state index in [1.165, 1.54) is 0 Å². The van der Waals surface area contributed by atoms with Gasteiger partial charge in [-0.05, 0) is 25.7 Å². The van der Waals surface area contributed by atoms with Crippen LogP contribution in [0.2, 0.25) is 0 Å². The molecule has 1 saturated carbocycles. The van der Waals surface area contributed by atoms with Crippen LogP contribution in [0, 0.1) is 0 Å². The van der Waals surface area contributed by atoms with Gasteiger partial charge in [0, 0.05) is 25.0 Å². The third-order valence-electron chi connectivity index (χ3n) is 3.62. The first-order valence-corrected chi connectivity index (χ1v) is 7.57. The van der Waals surface area contributed by atoms with Crippen LogP contribution in [-0.2, 0) is 9.53 Å². The van der Waals surface area contributed by atoms with Gasteiger partial charge in [-0.25, -0.2) is 0 Å². The highest BCUT2D eigenvalue weighted by Crippen LogP contribution is 2.31. The van der Waals surface area contributed by atoms with Crippen molar-refractivity contribution >= 4 is 22.8 Å². The topological polar surface area (TPSA) is 62.7 Å². The summed E-state index contributed by atoms with van der Waals surface area (Å²) in [5.41, 5.74) is 0.161. The van der Waals surface area contributed by atoms with E-state index < -0.39 is 0 Å². The molecule has 0 aromatic carbocycles. The quantitative estimate of drug-likeness (QED) is 0.783. The first-order valence-electron chi connectivity index (χ1n) is 6.58. The summed E-state index contributed by atoms with van der Waals surface area (Å²) in [4.78, 5) is 15.9. The molecule has 6 heteroatoms. The molecule has 0 unspecified atom stereocenters. The van der Waals surface area contributed by atoms with Crippen molar-refractivity contribution in [2.24, 2.45) is 4.99 Å². The number of carbonyl (C=O) groups is 1. The van der Waals surface area contributed by atoms with Crippen LogP contribution in [-0.4, -0.2) is 48.2 Å². The number of amidine groups is 1. The zero-order valence-electron chi connectivity index (χ0n) is 10.4. The van der Waals surface area contributed by atoms with Crippen LogP contribution in [0.15, 0.2) is 4.99 Å². The average molecular weight is 269 g/mol. The molecule has 0 aromatic heterocycles. The molecule has 0 bridgehead atoms. The van der Waals surface area contributed by atoms with Gasteiger partial charge in [0.2, 0.25) is 5.91 Å². The van der Waals surface area contributed by atoms with Gasteiger partial charge in [0.15, 0.2) is 5.17 Å². The number of ether oxygens (including phenoxy) is 1. The lowest BCUT2D eigenvalue weighted by Gasteiger charge is -2.32. The lowest BCUT2D eigenvalue weighted by Crippen LogP contribution is -2.48. The van der Waals surface area contributed by atoms with Gasteiger partial charge in [-0.3, -0.25) is 9.79 Å². The molecule has 1 amide bonds. The van der Waals surface area contributed by atoms with Gasteiger partial charge in [-0.2, -0.15) is 0 Å². The maximum atomic E-state index is 11.5. The number of carbonyl (C=O) groups excluding carboxylic acids is 1. The van der Waals surface area contributed by atoms with Crippen molar-refractivity contribution in [3.8, 4) is 0 Å². The highest BCUT2D eigenvalue weighted by Gasteiger charge is 2.38. The second kappa shape index (κ2) is 5.09. The Morgan fingerprint density at radius 3 is 3.00 bits per heavy atom. The largest absolute Gasteiger partial charge is 0.381 e. The summed E-state index contributed by atoms with van der Waals surface area (Å²) in [6.45, 7) is 1.89. The fraction of sp³-hybridized carbons (Fsp3) is 0.833. The monoisotopic (exact) mass is 269 g/mol. The molecule has 2 heterocycles. The molecule has 3 fully saturated rings. The third kappa shape index (κ3) is 2.98. The predicted octanol–water partition coefficient (Wildman–Crippen LogP) is 0.507. The second-order valence-electron chi connectivity index (χ2n) is 5.27. The van der Waals surface area contributed by atoms with Crippen molar-refractivity contribution in [1.29, 1.82) is 0 Å². The van der Waals surface area contributed by atoms with E-state index >= 15 is 0 Å². The molecule has 0 aromatic rings. The van der Waals surface area contributed by atoms with Gasteiger partial charge in [0.05, 0.1) is 5.54 Å². The summed E-state index contributed by atoms with van der Waals surface area (Å²) in [5.74, 6) is 1.08. The van der Waals surface area contributed by atoms with Crippen molar-refractivity contribution < 1.29 is 9.53 Å². The summed E-state index contributed by atoms with van der Waals surface area (Å²) < 4.78 is 5.39. The van der Waals surface area contributed by atoms with Crippen LogP contribution >= 0.6 is 11.8 Å². The molecule has 0 radical (unpaired) electrons. The lowest BCUT2D eigenvalue weighted by molar-refractivity contribution is -0.119. The van der Waals surface area contributed by atoms with Gasteiger partial charge < -0.3 is 15.4 Å². The molecule has 100 valence electrons. The smallest absolute Gasteiger partial charge is 0.241 e. The Morgan fingerprint density at radius 2 is 2.28 bits per heavy atom. The average Bonchev–Trinajstić information content (AvgIpc) is 3.10. The number of amides is 1. The van der Waals surface area contributed by atoms with Gasteiger partial charge in [0.1, 0.15) is 6.54 Å². The highest BCUT2D eigenvalue weighted by molar-refractivity contribution is 8.14. The maximum absolute atomic E-state index is 11.5. The fourth-order valence-electron chi connectivity index (χ4n) is 2.27. The Morgan fingerprint density at radius 1 is 1.50 bits per heavy atom. The Balaban J connectivity index is 1.49. The Labute approximate surface area is 111 Å². The zero-order chi connectivity index (χ0) is 12.4. The van der Waals surface area contributed by atoms with Crippen molar-refractivity contribution in [2.45, 2.75) is 37.3 Å². The normalized spacial score (nSPS) is 28.3. The van der Waals surface area contributed by atoms with Gasteiger partial charge in [-0.1, -0.05) is 11.8 Å². The summed E-state index contributed by atoms with van der Waals surface area (Å²) in [6, 6.07) is 0.420. The van der Waals surface area contributed by atoms with E-state index in [9.17, 15) is 4.79 Å². The van der Waals surface area contributed by atoms with Crippen LogP contribution in [0.1, 0.15) is 25.7 Å². The van der Waals surface area contributed by atoms with E-state index in [0.717, 1.165) is 49.8 Å². The minimum Gasteiger partial charge on any atom is -0.381 e. The number of nitrogens with zero attached hydrogens (tertiary/aromatic N) is 1. The summed E-state index contributed by atoms with van der Waals surface area (Å²) in [5, 5.41) is 7.35. The van der Waals surface area contributed by atoms with Gasteiger partial charge in [-0.15, -0.1) is 0 Å². The van der Waals surface area contributed by atoms with E-state index in [1.54, 1.807) is 11.8 Å². The molecule has 0 atom stereocenters. The Bertz CT molecular complexity index is 362. The number of hydrogen-bond acceptors (Lipinski definition) is 4. The molecule has 3 rings (SSSR count). The molecule has 2 saturated heterocycles. The Hall–Kier alpha value is -0.750. The molecule has 2 aliphatic heterocycles. The van der Waals surface area contributed by atoms with Gasteiger partial charge in [0.25, 0.3) is 0 Å². The zero-order valence-corrected chi connectivity index (χ0v) is 11.2. The van der Waals surface area contributed by atoms with Crippen molar-refractivity contribution in [3.63, 3.8) is 0 Å². The van der Waals surface area contributed by atoms with Crippen molar-refractivity contribution in [1.82, 2.24) is 10.6 Å². The van der Waals surface area contributed by atoms with Crippen LogP contribution in [0.25, 0.3) is 0 Å². The number of aliphatic imine (C=N–C) groups is 1. The number of rotatable bonds is 3. The molecule has 2 N–H and O–H groups in total. The predicted molar refractivity (Wildman–Crippen MR) is 71.8 cm³/mol. The van der Waals surface area contributed by atoms with E-state index in [1.807, 2.05) is 0 Å². The van der Waals surface area contributed by atoms with E-state index in [-0.39, 0.29) is 18.0 Å². The number of nitrogens with one attached hydrogen (secondary N) is 2. The molecular formula is C12H19N3O2S. The van der Waals surface area contributed by atoms with Crippen LogP contribution in [0.3, 0.4) is 0 Å². The van der Waals surface area contributed by atoms with E-state index in [0.29, 0.717) is 6.04 Å². The SMILES string of the molecule is O=C(CN=C1NC2(CCOCC2)CS1)NC1CC1.